The highest BCUT2D eigenvalue weighted by molar-refractivity contribution is 5.27. The van der Waals surface area contributed by atoms with E-state index in [0.717, 1.165) is 0 Å². The lowest BCUT2D eigenvalue weighted by Gasteiger charge is -2.26. The van der Waals surface area contributed by atoms with E-state index in [9.17, 15) is 0 Å². The first-order valence-corrected chi connectivity index (χ1v) is 3.73. The van der Waals surface area contributed by atoms with Crippen molar-refractivity contribution in [3.8, 4) is 11.5 Å². The number of rotatable bonds is 2. The van der Waals surface area contributed by atoms with Crippen molar-refractivity contribution >= 4 is 0 Å². The lowest BCUT2D eigenvalue weighted by atomic mass is 10.3. The van der Waals surface area contributed by atoms with E-state index in [1.165, 1.54) is 12.3 Å². The fraction of sp³-hybridized carbons (Fsp3) is 0.375. The molecular formula is C8H9NO3. The molecule has 2 rings (SSSR count). The third-order valence-corrected chi connectivity index (χ3v) is 1.61. The first-order chi connectivity index (χ1) is 5.84. The molecule has 0 aliphatic carbocycles. The summed E-state index contributed by atoms with van der Waals surface area (Å²) in [5.74, 6) is 0.705. The van der Waals surface area contributed by atoms with E-state index in [1.807, 2.05) is 0 Å². The minimum Gasteiger partial charge on any atom is -0.506 e. The van der Waals surface area contributed by atoms with Gasteiger partial charge in [0.25, 0.3) is 0 Å². The maximum atomic E-state index is 9.04. The third-order valence-electron chi connectivity index (χ3n) is 1.61. The van der Waals surface area contributed by atoms with Crippen LogP contribution in [0.3, 0.4) is 0 Å². The predicted octanol–water partition coefficient (Wildman–Crippen LogP) is 0.565. The van der Waals surface area contributed by atoms with Gasteiger partial charge in [-0.25, -0.2) is 0 Å². The van der Waals surface area contributed by atoms with Crippen LogP contribution in [-0.2, 0) is 4.74 Å². The van der Waals surface area contributed by atoms with Crippen LogP contribution in [0.15, 0.2) is 18.5 Å². The molecule has 4 nitrogen and oxygen atoms in total. The van der Waals surface area contributed by atoms with E-state index in [0.29, 0.717) is 19.0 Å². The normalized spacial score (nSPS) is 17.0. The average Bonchev–Trinajstić information content (AvgIpc) is 1.97. The van der Waals surface area contributed by atoms with E-state index >= 15 is 0 Å². The Labute approximate surface area is 69.8 Å². The van der Waals surface area contributed by atoms with Crippen LogP contribution in [-0.4, -0.2) is 29.4 Å². The largest absolute Gasteiger partial charge is 0.506 e. The Kier molecular flexibility index (Phi) is 1.83. The van der Waals surface area contributed by atoms with E-state index in [2.05, 4.69) is 4.98 Å². The first-order valence-electron chi connectivity index (χ1n) is 3.73. The van der Waals surface area contributed by atoms with Gasteiger partial charge in [-0.15, -0.1) is 0 Å². The van der Waals surface area contributed by atoms with E-state index in [4.69, 9.17) is 14.6 Å². The van der Waals surface area contributed by atoms with Gasteiger partial charge in [0.05, 0.1) is 25.6 Å². The highest BCUT2D eigenvalue weighted by Crippen LogP contribution is 2.18. The lowest BCUT2D eigenvalue weighted by molar-refractivity contribution is -0.0798. The minimum absolute atomic E-state index is 0.118. The average molecular weight is 167 g/mol. The molecule has 0 unspecified atom stereocenters. The summed E-state index contributed by atoms with van der Waals surface area (Å²) in [5.41, 5.74) is 0. The van der Waals surface area contributed by atoms with Gasteiger partial charge >= 0.3 is 0 Å². The number of hydrogen-bond donors (Lipinski definition) is 1. The zero-order chi connectivity index (χ0) is 8.39. The molecule has 64 valence electrons. The smallest absolute Gasteiger partial charge is 0.145 e. The Bertz CT molecular complexity index is 273. The summed E-state index contributed by atoms with van der Waals surface area (Å²) < 4.78 is 10.3. The molecule has 1 aliphatic heterocycles. The van der Waals surface area contributed by atoms with Crippen molar-refractivity contribution in [1.82, 2.24) is 4.98 Å². The van der Waals surface area contributed by atoms with Gasteiger partial charge in [0.2, 0.25) is 0 Å². The molecule has 1 aromatic heterocycles. The molecule has 1 fully saturated rings. The Morgan fingerprint density at radius 2 is 2.33 bits per heavy atom. The van der Waals surface area contributed by atoms with Gasteiger partial charge in [-0.1, -0.05) is 0 Å². The number of nitrogens with zero attached hydrogens (tertiary/aromatic N) is 1. The van der Waals surface area contributed by atoms with Crippen molar-refractivity contribution in [1.29, 1.82) is 0 Å². The van der Waals surface area contributed by atoms with Crippen LogP contribution in [0.25, 0.3) is 0 Å². The molecule has 0 saturated carbocycles. The second kappa shape index (κ2) is 2.98. The second-order valence-electron chi connectivity index (χ2n) is 2.66. The molecule has 1 aromatic rings. The van der Waals surface area contributed by atoms with Crippen molar-refractivity contribution in [2.24, 2.45) is 0 Å². The first kappa shape index (κ1) is 7.36. The van der Waals surface area contributed by atoms with Crippen LogP contribution >= 0.6 is 0 Å². The highest BCUT2D eigenvalue weighted by Gasteiger charge is 2.20. The molecule has 12 heavy (non-hydrogen) atoms. The molecule has 0 amide bonds. The molecule has 1 saturated heterocycles. The summed E-state index contributed by atoms with van der Waals surface area (Å²) in [6.07, 6.45) is 3.05. The van der Waals surface area contributed by atoms with Crippen LogP contribution in [0.2, 0.25) is 0 Å². The Morgan fingerprint density at radius 1 is 1.50 bits per heavy atom. The Hall–Kier alpha value is -1.29. The molecular weight excluding hydrogens is 158 g/mol. The molecule has 2 heterocycles. The van der Waals surface area contributed by atoms with E-state index < -0.39 is 0 Å². The maximum Gasteiger partial charge on any atom is 0.145 e. The third kappa shape index (κ3) is 1.48. The molecule has 0 bridgehead atoms. The van der Waals surface area contributed by atoms with Crippen molar-refractivity contribution < 1.29 is 14.6 Å². The molecule has 1 N–H and O–H groups in total. The monoisotopic (exact) mass is 167 g/mol. The summed E-state index contributed by atoms with van der Waals surface area (Å²) in [6.45, 7) is 1.24. The van der Waals surface area contributed by atoms with Crippen LogP contribution < -0.4 is 4.74 Å². The lowest BCUT2D eigenvalue weighted by Crippen LogP contribution is -2.38. The fourth-order valence-electron chi connectivity index (χ4n) is 0.946. The summed E-state index contributed by atoms with van der Waals surface area (Å²) in [4.78, 5) is 3.78. The number of aromatic hydroxyl groups is 1. The predicted molar refractivity (Wildman–Crippen MR) is 41.1 cm³/mol. The quantitative estimate of drug-likeness (QED) is 0.699. The van der Waals surface area contributed by atoms with Crippen LogP contribution in [0.4, 0.5) is 0 Å². The van der Waals surface area contributed by atoms with Gasteiger partial charge < -0.3 is 14.6 Å². The molecule has 0 radical (unpaired) electrons. The zero-order valence-corrected chi connectivity index (χ0v) is 6.43. The number of hydrogen-bond acceptors (Lipinski definition) is 4. The van der Waals surface area contributed by atoms with E-state index in [-0.39, 0.29) is 11.9 Å². The van der Waals surface area contributed by atoms with Crippen molar-refractivity contribution in [2.75, 3.05) is 13.2 Å². The van der Waals surface area contributed by atoms with Gasteiger partial charge in [-0.05, 0) is 0 Å². The van der Waals surface area contributed by atoms with Crippen LogP contribution in [0.5, 0.6) is 11.5 Å². The fourth-order valence-corrected chi connectivity index (χ4v) is 0.946. The zero-order valence-electron chi connectivity index (χ0n) is 6.43. The van der Waals surface area contributed by atoms with E-state index in [1.54, 1.807) is 6.20 Å². The molecule has 0 atom stereocenters. The van der Waals surface area contributed by atoms with Gasteiger partial charge in [0.1, 0.15) is 17.6 Å². The summed E-state index contributed by atoms with van der Waals surface area (Å²) in [7, 11) is 0. The maximum absolute atomic E-state index is 9.04. The number of aromatic nitrogens is 1. The molecule has 4 heteroatoms. The highest BCUT2D eigenvalue weighted by atomic mass is 16.6. The molecule has 0 spiro atoms. The number of ether oxygens (including phenoxy) is 2. The van der Waals surface area contributed by atoms with Crippen LogP contribution in [0.1, 0.15) is 0 Å². The standard InChI is InChI=1S/C8H9NO3/c10-6-1-7(3-9-2-6)12-8-4-11-5-8/h1-3,8,10H,4-5H2. The summed E-state index contributed by atoms with van der Waals surface area (Å²) in [6, 6.07) is 1.53. The van der Waals surface area contributed by atoms with Gasteiger partial charge in [0.15, 0.2) is 0 Å². The number of pyridine rings is 1. The van der Waals surface area contributed by atoms with Crippen molar-refractivity contribution in [3.63, 3.8) is 0 Å². The van der Waals surface area contributed by atoms with Gasteiger partial charge in [0, 0.05) is 6.07 Å². The summed E-state index contributed by atoms with van der Waals surface area (Å²) >= 11 is 0. The van der Waals surface area contributed by atoms with Gasteiger partial charge in [-0.3, -0.25) is 4.98 Å². The SMILES string of the molecule is Oc1cncc(OC2COC2)c1. The van der Waals surface area contributed by atoms with Crippen molar-refractivity contribution in [3.05, 3.63) is 18.5 Å². The second-order valence-corrected chi connectivity index (χ2v) is 2.66. The Balaban J connectivity index is 2.02. The van der Waals surface area contributed by atoms with Gasteiger partial charge in [-0.2, -0.15) is 0 Å². The molecule has 0 aromatic carbocycles. The summed E-state index contributed by atoms with van der Waals surface area (Å²) in [5, 5.41) is 9.04. The minimum atomic E-state index is 0.118. The van der Waals surface area contributed by atoms with Crippen molar-refractivity contribution in [2.45, 2.75) is 6.10 Å². The van der Waals surface area contributed by atoms with Crippen LogP contribution in [0, 0.1) is 0 Å². The Morgan fingerprint density at radius 3 is 2.92 bits per heavy atom. The molecule has 1 aliphatic rings. The topological polar surface area (TPSA) is 51.6 Å².